The molecule has 0 aliphatic heterocycles. The van der Waals surface area contributed by atoms with Crippen molar-refractivity contribution >= 4 is 61.8 Å². The zero-order chi connectivity index (χ0) is 27.0. The molecule has 0 fully saturated rings. The number of hydrogen-bond donors (Lipinski definition) is 0. The molecule has 7 aromatic rings. The minimum absolute atomic E-state index is 0. The smallest absolute Gasteiger partial charge is 0.0477 e. The van der Waals surface area contributed by atoms with Gasteiger partial charge in [0.25, 0.3) is 0 Å². The van der Waals surface area contributed by atoms with Crippen LogP contribution in [0.25, 0.3) is 43.8 Å². The van der Waals surface area contributed by atoms with Crippen LogP contribution in [0.2, 0.25) is 0 Å². The van der Waals surface area contributed by atoms with E-state index in [1.807, 2.05) is 28.4 Å². The summed E-state index contributed by atoms with van der Waals surface area (Å²) in [5.74, 6) is 0. The molecule has 0 unspecified atom stereocenters. The Balaban J connectivity index is 0.000000328. The number of hydrogen-bond acceptors (Lipinski definition) is 0. The molecular weight excluding hydrogens is 746 g/mol. The summed E-state index contributed by atoms with van der Waals surface area (Å²) in [5.41, 5.74) is 7.89. The average Bonchev–Trinajstić information content (AvgIpc) is 3.55. The molecule has 0 aliphatic rings. The summed E-state index contributed by atoms with van der Waals surface area (Å²) in [5, 5.41) is 6.72. The zero-order valence-electron chi connectivity index (χ0n) is 25.0. The van der Waals surface area contributed by atoms with Gasteiger partial charge in [0.15, 0.2) is 0 Å². The van der Waals surface area contributed by atoms with Gasteiger partial charge in [-0.15, -0.1) is 93.9 Å². The van der Waals surface area contributed by atoms with E-state index in [2.05, 4.69) is 147 Å². The van der Waals surface area contributed by atoms with Crippen molar-refractivity contribution in [2.75, 3.05) is 0 Å². The third-order valence-corrected chi connectivity index (χ3v) is 7.27. The van der Waals surface area contributed by atoms with E-state index in [1.165, 1.54) is 60.1 Å². The third-order valence-electron chi connectivity index (χ3n) is 6.80. The maximum Gasteiger partial charge on any atom is 0.0477 e. The van der Waals surface area contributed by atoms with Gasteiger partial charge in [-0.2, -0.15) is 12.1 Å². The molecule has 43 heavy (non-hydrogen) atoms. The van der Waals surface area contributed by atoms with Crippen LogP contribution >= 0.6 is 24.8 Å². The molecule has 0 N–H and O–H groups in total. The fraction of sp³-hybridized carbons (Fsp3) is 0.0513. The van der Waals surface area contributed by atoms with Crippen LogP contribution in [0, 0.1) is 21.3 Å². The first-order valence-electron chi connectivity index (χ1n) is 13.4. The molecule has 7 rings (SSSR count). The Kier molecular flexibility index (Phi) is 16.4. The van der Waals surface area contributed by atoms with Crippen LogP contribution in [0.5, 0.6) is 0 Å². The standard InChI is InChI=1S/2C16H13.C6H7Si.CH3.2ClH.Hf/c2*1-12-10-14-8-5-9-15(16(14)11-12)13-6-3-2-4-7-13;7-6-4-2-1-3-5-6;;;;/h2*2-11H,1H3;1-5H,7H2;1H3;2*1H;/q2*-1;;-1;;;. The van der Waals surface area contributed by atoms with Crippen LogP contribution in [0.1, 0.15) is 11.1 Å². The van der Waals surface area contributed by atoms with Crippen molar-refractivity contribution in [3.8, 4) is 22.3 Å². The summed E-state index contributed by atoms with van der Waals surface area (Å²) in [6.45, 7) is 4.30. The summed E-state index contributed by atoms with van der Waals surface area (Å²) < 4.78 is 0. The predicted octanol–water partition coefficient (Wildman–Crippen LogP) is 10.3. The van der Waals surface area contributed by atoms with Gasteiger partial charge in [0.1, 0.15) is 0 Å². The van der Waals surface area contributed by atoms with Crippen LogP contribution in [-0.4, -0.2) is 10.2 Å². The summed E-state index contributed by atoms with van der Waals surface area (Å²) in [7, 11) is 1.90. The van der Waals surface area contributed by atoms with Crippen LogP contribution in [-0.2, 0) is 25.8 Å². The molecule has 7 aromatic carbocycles. The molecule has 1 radical (unpaired) electrons. The predicted molar refractivity (Wildman–Crippen MR) is 195 cm³/mol. The molecule has 0 spiro atoms. The van der Waals surface area contributed by atoms with Crippen LogP contribution in [0.4, 0.5) is 0 Å². The van der Waals surface area contributed by atoms with Gasteiger partial charge < -0.3 is 7.43 Å². The first-order valence-corrected chi connectivity index (χ1v) is 14.1. The summed E-state index contributed by atoms with van der Waals surface area (Å²) in [6.07, 6.45) is 0. The summed E-state index contributed by atoms with van der Waals surface area (Å²) >= 11 is 0. The molecule has 219 valence electrons. The second-order valence-electron chi connectivity index (χ2n) is 9.90. The molecule has 0 heterocycles. The molecule has 0 bridgehead atoms. The number of aryl methyl sites for hydroxylation is 2. The molecular formula is C39H38Cl2HfSi-3. The number of benzene rings is 5. The Hall–Kier alpha value is -3.01. The van der Waals surface area contributed by atoms with Gasteiger partial charge in [0, 0.05) is 36.1 Å². The Morgan fingerprint density at radius 3 is 1.14 bits per heavy atom. The molecule has 0 aromatic heterocycles. The van der Waals surface area contributed by atoms with Crippen molar-refractivity contribution in [3.63, 3.8) is 0 Å². The molecule has 0 atom stereocenters. The van der Waals surface area contributed by atoms with E-state index in [0.717, 1.165) is 0 Å². The minimum atomic E-state index is 0. The van der Waals surface area contributed by atoms with Gasteiger partial charge in [0.2, 0.25) is 0 Å². The van der Waals surface area contributed by atoms with Crippen molar-refractivity contribution in [1.82, 2.24) is 0 Å². The van der Waals surface area contributed by atoms with E-state index in [9.17, 15) is 0 Å². The first-order chi connectivity index (χ1) is 19.1. The van der Waals surface area contributed by atoms with Crippen molar-refractivity contribution < 1.29 is 25.8 Å². The fourth-order valence-electron chi connectivity index (χ4n) is 4.99. The summed E-state index contributed by atoms with van der Waals surface area (Å²) in [4.78, 5) is 0. The Labute approximate surface area is 291 Å². The van der Waals surface area contributed by atoms with E-state index in [-0.39, 0.29) is 58.1 Å². The maximum absolute atomic E-state index is 2.26. The third kappa shape index (κ3) is 10.0. The summed E-state index contributed by atoms with van der Waals surface area (Å²) in [6, 6.07) is 53.4. The molecule has 0 aliphatic carbocycles. The maximum atomic E-state index is 2.26. The Bertz CT molecular complexity index is 1660. The van der Waals surface area contributed by atoms with E-state index in [0.29, 0.717) is 0 Å². The van der Waals surface area contributed by atoms with Crippen molar-refractivity contribution in [1.29, 1.82) is 0 Å². The quantitative estimate of drug-likeness (QED) is 0.121. The van der Waals surface area contributed by atoms with Crippen LogP contribution < -0.4 is 5.19 Å². The number of halogens is 2. The largest absolute Gasteiger partial charge is 0.358 e. The second-order valence-corrected chi connectivity index (χ2v) is 10.7. The van der Waals surface area contributed by atoms with Gasteiger partial charge in [-0.3, -0.25) is 0 Å². The SMILES string of the molecule is Cc1cc2c(-c3ccccc3)cccc2[cH-]1.Cc1cc2c(-c3ccccc3)cccc2[cH-]1.Cl.Cl.[CH3-].[Hf].[SiH2]c1ccccc1. The first kappa shape index (κ1) is 38.0. The normalized spacial score (nSPS) is 9.47. The minimum Gasteiger partial charge on any atom is -0.358 e. The Morgan fingerprint density at radius 1 is 0.465 bits per heavy atom. The van der Waals surface area contributed by atoms with Crippen LogP contribution in [0.3, 0.4) is 0 Å². The Morgan fingerprint density at radius 2 is 0.814 bits per heavy atom. The average molecular weight is 784 g/mol. The van der Waals surface area contributed by atoms with E-state index in [4.69, 9.17) is 0 Å². The van der Waals surface area contributed by atoms with Gasteiger partial charge in [0.05, 0.1) is 0 Å². The van der Waals surface area contributed by atoms with E-state index >= 15 is 0 Å². The molecule has 0 nitrogen and oxygen atoms in total. The molecule has 0 saturated carbocycles. The fourth-order valence-corrected chi connectivity index (χ4v) is 5.26. The van der Waals surface area contributed by atoms with E-state index < -0.39 is 0 Å². The van der Waals surface area contributed by atoms with Crippen molar-refractivity contribution in [2.24, 2.45) is 0 Å². The van der Waals surface area contributed by atoms with E-state index in [1.54, 1.807) is 0 Å². The monoisotopic (exact) mass is 784 g/mol. The topological polar surface area (TPSA) is 0 Å². The van der Waals surface area contributed by atoms with Crippen molar-refractivity contribution in [2.45, 2.75) is 13.8 Å². The number of fused-ring (bicyclic) bond motifs is 2. The number of rotatable bonds is 2. The molecule has 0 amide bonds. The van der Waals surface area contributed by atoms with Gasteiger partial charge in [-0.05, 0) is 11.1 Å². The second kappa shape index (κ2) is 18.6. The van der Waals surface area contributed by atoms with Gasteiger partial charge in [-0.25, -0.2) is 0 Å². The van der Waals surface area contributed by atoms with Gasteiger partial charge >= 0.3 is 0 Å². The molecule has 4 heteroatoms. The zero-order valence-corrected chi connectivity index (χ0v) is 31.6. The van der Waals surface area contributed by atoms with Crippen LogP contribution in [0.15, 0.2) is 152 Å². The van der Waals surface area contributed by atoms with Gasteiger partial charge in [-0.1, -0.05) is 133 Å². The molecule has 0 saturated heterocycles. The van der Waals surface area contributed by atoms with Crippen molar-refractivity contribution in [3.05, 3.63) is 170 Å².